The first-order valence-electron chi connectivity index (χ1n) is 19.5. The van der Waals surface area contributed by atoms with Crippen LogP contribution >= 0.6 is 0 Å². The second-order valence-electron chi connectivity index (χ2n) is 13.9. The van der Waals surface area contributed by atoms with Crippen molar-refractivity contribution in [3.8, 4) is 0 Å². The molecule has 6 heteroatoms. The molecule has 6 nitrogen and oxygen atoms in total. The fraction of sp³-hybridized carbons (Fsp3) is 0.805. The number of aliphatic hydroxyl groups is 1. The molecule has 0 aromatic carbocycles. The van der Waals surface area contributed by atoms with Crippen LogP contribution in [0, 0.1) is 5.92 Å². The zero-order valence-electron chi connectivity index (χ0n) is 30.6. The number of rotatable bonds is 33. The van der Waals surface area contributed by atoms with Gasteiger partial charge in [0.05, 0.1) is 18.8 Å². The Labute approximate surface area is 289 Å². The number of hydrogen-bond donors (Lipinski definition) is 1. The van der Waals surface area contributed by atoms with Gasteiger partial charge < -0.3 is 19.3 Å². The summed E-state index contributed by atoms with van der Waals surface area (Å²) in [6.45, 7) is 6.39. The summed E-state index contributed by atoms with van der Waals surface area (Å²) >= 11 is 0. The van der Waals surface area contributed by atoms with E-state index in [1.165, 1.54) is 89.9 Å². The van der Waals surface area contributed by atoms with Crippen molar-refractivity contribution in [3.05, 3.63) is 36.5 Å². The molecule has 2 unspecified atom stereocenters. The molecule has 0 aromatic heterocycles. The number of carbonyl (C=O) groups is 2. The molecule has 0 amide bonds. The number of ether oxygens (including phenoxy) is 3. The number of hydrogen-bond acceptors (Lipinski definition) is 6. The quantitative estimate of drug-likeness (QED) is 0.0326. The predicted octanol–water partition coefficient (Wildman–Crippen LogP) is 10.9. The maximum absolute atomic E-state index is 12.2. The van der Waals surface area contributed by atoms with E-state index in [0.29, 0.717) is 25.0 Å². The zero-order valence-corrected chi connectivity index (χ0v) is 30.6. The van der Waals surface area contributed by atoms with Gasteiger partial charge in [0.2, 0.25) is 0 Å². The van der Waals surface area contributed by atoms with Gasteiger partial charge in [0.25, 0.3) is 0 Å². The molecule has 1 fully saturated rings. The van der Waals surface area contributed by atoms with Gasteiger partial charge in [-0.1, -0.05) is 147 Å². The van der Waals surface area contributed by atoms with Crippen molar-refractivity contribution in [2.75, 3.05) is 13.2 Å². The molecule has 1 saturated heterocycles. The van der Waals surface area contributed by atoms with Gasteiger partial charge in [0, 0.05) is 12.8 Å². The number of aliphatic hydroxyl groups excluding tert-OH is 1. The number of epoxide rings is 1. The molecule has 0 radical (unpaired) electrons. The van der Waals surface area contributed by atoms with Crippen LogP contribution in [0.4, 0.5) is 0 Å². The summed E-state index contributed by atoms with van der Waals surface area (Å²) in [5.74, 6) is 0.174. The summed E-state index contributed by atoms with van der Waals surface area (Å²) in [5, 5.41) is 9.56. The second-order valence-corrected chi connectivity index (χ2v) is 13.9. The summed E-state index contributed by atoms with van der Waals surface area (Å²) < 4.78 is 16.3. The van der Waals surface area contributed by atoms with Gasteiger partial charge in [0.15, 0.2) is 6.10 Å². The smallest absolute Gasteiger partial charge is 0.306 e. The minimum absolute atomic E-state index is 0.0911. The highest BCUT2D eigenvalue weighted by Gasteiger charge is 2.35. The Kier molecular flexibility index (Phi) is 28.8. The second kappa shape index (κ2) is 31.4. The molecule has 1 heterocycles. The monoisotopic (exact) mass is 661 g/mol. The molecule has 1 aliphatic heterocycles. The van der Waals surface area contributed by atoms with Gasteiger partial charge in [0.1, 0.15) is 6.61 Å². The molecule has 1 aliphatic rings. The molecular weight excluding hydrogens is 588 g/mol. The van der Waals surface area contributed by atoms with Crippen molar-refractivity contribution in [2.24, 2.45) is 5.92 Å². The minimum Gasteiger partial charge on any atom is -0.462 e. The predicted molar refractivity (Wildman–Crippen MR) is 195 cm³/mol. The zero-order chi connectivity index (χ0) is 34.2. The lowest BCUT2D eigenvalue weighted by atomic mass is 10.0. The lowest BCUT2D eigenvalue weighted by molar-refractivity contribution is -0.161. The van der Waals surface area contributed by atoms with Gasteiger partial charge in [-0.3, -0.25) is 9.59 Å². The number of allylic oxidation sites excluding steroid dienone is 4. The number of esters is 2. The molecular formula is C41H72O6. The van der Waals surface area contributed by atoms with E-state index in [9.17, 15) is 14.7 Å². The summed E-state index contributed by atoms with van der Waals surface area (Å²) in [7, 11) is 0. The lowest BCUT2D eigenvalue weighted by Crippen LogP contribution is -2.28. The maximum Gasteiger partial charge on any atom is 0.306 e. The van der Waals surface area contributed by atoms with Gasteiger partial charge in [-0.15, -0.1) is 0 Å². The van der Waals surface area contributed by atoms with E-state index in [1.54, 1.807) is 0 Å². The van der Waals surface area contributed by atoms with Crippen molar-refractivity contribution in [1.82, 2.24) is 0 Å². The Hall–Kier alpha value is -1.92. The van der Waals surface area contributed by atoms with Gasteiger partial charge in [-0.05, 0) is 57.3 Å². The Morgan fingerprint density at radius 1 is 0.660 bits per heavy atom. The Bertz CT molecular complexity index is 832. The molecule has 0 spiro atoms. The number of carbonyl (C=O) groups excluding carboxylic acids is 2. The fourth-order valence-electron chi connectivity index (χ4n) is 5.65. The van der Waals surface area contributed by atoms with Crippen LogP contribution in [0.5, 0.6) is 0 Å². The molecule has 0 aromatic rings. The first-order valence-corrected chi connectivity index (χ1v) is 19.5. The van der Waals surface area contributed by atoms with Crippen LogP contribution in [0.3, 0.4) is 0 Å². The third-order valence-electron chi connectivity index (χ3n) is 8.77. The largest absolute Gasteiger partial charge is 0.462 e. The van der Waals surface area contributed by atoms with Crippen LogP contribution in [0.2, 0.25) is 0 Å². The minimum atomic E-state index is -0.804. The Morgan fingerprint density at radius 2 is 1.19 bits per heavy atom. The van der Waals surface area contributed by atoms with Gasteiger partial charge in [-0.25, -0.2) is 0 Å². The van der Waals surface area contributed by atoms with Crippen LogP contribution in [0.15, 0.2) is 36.5 Å². The normalized spacial score (nSPS) is 17.0. The van der Waals surface area contributed by atoms with Crippen LogP contribution in [0.1, 0.15) is 175 Å². The van der Waals surface area contributed by atoms with Crippen LogP contribution in [-0.4, -0.2) is 48.6 Å². The molecule has 47 heavy (non-hydrogen) atoms. The number of unbranched alkanes of at least 4 members (excludes halogenated alkanes) is 15. The summed E-state index contributed by atoms with van der Waals surface area (Å²) in [6, 6.07) is 0. The highest BCUT2D eigenvalue weighted by atomic mass is 16.6. The van der Waals surface area contributed by atoms with E-state index in [2.05, 4.69) is 57.2 Å². The molecule has 0 saturated carbocycles. The SMILES string of the molecule is CCCCC/C=C\C/C=C\CC1OC1C/C=C\CCCC(=O)O[C@@H](CO)COC(=O)CCCCCCCCCCCCCCC(C)C. The van der Waals surface area contributed by atoms with Gasteiger partial charge in [-0.2, -0.15) is 0 Å². The van der Waals surface area contributed by atoms with E-state index in [-0.39, 0.29) is 31.6 Å². The lowest BCUT2D eigenvalue weighted by Gasteiger charge is -2.15. The first-order chi connectivity index (χ1) is 23.0. The summed E-state index contributed by atoms with van der Waals surface area (Å²) in [5.41, 5.74) is 0. The third kappa shape index (κ3) is 28.8. The van der Waals surface area contributed by atoms with Crippen molar-refractivity contribution in [2.45, 2.75) is 193 Å². The van der Waals surface area contributed by atoms with Crippen molar-refractivity contribution in [3.63, 3.8) is 0 Å². The van der Waals surface area contributed by atoms with E-state index < -0.39 is 6.10 Å². The summed E-state index contributed by atoms with van der Waals surface area (Å²) in [6.07, 6.45) is 39.5. The fourth-order valence-corrected chi connectivity index (χ4v) is 5.65. The molecule has 3 atom stereocenters. The average molecular weight is 661 g/mol. The van der Waals surface area contributed by atoms with E-state index >= 15 is 0 Å². The van der Waals surface area contributed by atoms with Crippen LogP contribution in [-0.2, 0) is 23.8 Å². The van der Waals surface area contributed by atoms with Crippen LogP contribution < -0.4 is 0 Å². The van der Waals surface area contributed by atoms with Crippen molar-refractivity contribution >= 4 is 11.9 Å². The highest BCUT2D eigenvalue weighted by Crippen LogP contribution is 2.29. The van der Waals surface area contributed by atoms with Crippen molar-refractivity contribution < 1.29 is 28.9 Å². The van der Waals surface area contributed by atoms with Gasteiger partial charge >= 0.3 is 11.9 Å². The Morgan fingerprint density at radius 3 is 1.81 bits per heavy atom. The van der Waals surface area contributed by atoms with Crippen LogP contribution in [0.25, 0.3) is 0 Å². The maximum atomic E-state index is 12.2. The molecule has 0 aliphatic carbocycles. The van der Waals surface area contributed by atoms with E-state index in [0.717, 1.165) is 50.9 Å². The first kappa shape index (κ1) is 43.1. The van der Waals surface area contributed by atoms with E-state index in [1.807, 2.05) is 0 Å². The summed E-state index contributed by atoms with van der Waals surface area (Å²) in [4.78, 5) is 24.3. The standard InChI is InChI=1S/C41H72O6/c1-4-5-6-7-8-13-17-20-25-30-38-39(47-38)31-26-22-23-28-33-41(44)46-37(34-42)35-45-40(43)32-27-21-18-15-12-10-9-11-14-16-19-24-29-36(2)3/h8,13,20,22,25-26,36-39,42H,4-7,9-12,14-19,21,23-24,27-35H2,1-3H3/b13-8-,25-20-,26-22-/t37-,38?,39?/m0/s1. The highest BCUT2D eigenvalue weighted by molar-refractivity contribution is 5.70. The molecule has 272 valence electrons. The topological polar surface area (TPSA) is 85.4 Å². The molecule has 0 bridgehead atoms. The third-order valence-corrected chi connectivity index (χ3v) is 8.77. The Balaban J connectivity index is 1.93. The van der Waals surface area contributed by atoms with Crippen molar-refractivity contribution in [1.29, 1.82) is 0 Å². The molecule has 1 rings (SSSR count). The molecule has 1 N–H and O–H groups in total. The average Bonchev–Trinajstić information content (AvgIpc) is 3.81. The van der Waals surface area contributed by atoms with E-state index in [4.69, 9.17) is 14.2 Å².